The van der Waals surface area contributed by atoms with Crippen LogP contribution in [0.3, 0.4) is 0 Å². The molecule has 2 aromatic rings. The number of methoxy groups -OCH3 is 1. The third-order valence-corrected chi connectivity index (χ3v) is 3.79. The topological polar surface area (TPSA) is 38.3 Å². The Balaban J connectivity index is 2.13. The van der Waals surface area contributed by atoms with Crippen molar-refractivity contribution in [1.82, 2.24) is 0 Å². The molecule has 3 nitrogen and oxygen atoms in total. The molecule has 0 saturated carbocycles. The molecule has 0 aliphatic heterocycles. The van der Waals surface area contributed by atoms with Crippen molar-refractivity contribution in [3.63, 3.8) is 0 Å². The van der Waals surface area contributed by atoms with Crippen LogP contribution in [-0.2, 0) is 11.3 Å². The fourth-order valence-electron chi connectivity index (χ4n) is 1.76. The molecule has 0 bridgehead atoms. The fraction of sp³-hybridized carbons (Fsp3) is 0.133. The number of halogens is 3. The number of benzene rings is 2. The molecular formula is C15H12BrClFNO2. The molecule has 0 saturated heterocycles. The molecule has 0 radical (unpaired) electrons. The van der Waals surface area contributed by atoms with E-state index in [2.05, 4.69) is 26.0 Å². The van der Waals surface area contributed by atoms with Crippen LogP contribution in [0, 0.1) is 5.82 Å². The third kappa shape index (κ3) is 3.95. The zero-order chi connectivity index (χ0) is 15.4. The van der Waals surface area contributed by atoms with Crippen LogP contribution in [0.1, 0.15) is 15.9 Å². The maximum atomic E-state index is 13.2. The number of carbonyl (C=O) groups excluding carboxylic acids is 1. The minimum absolute atomic E-state index is 0.296. The Labute approximate surface area is 135 Å². The average Bonchev–Trinajstić information content (AvgIpc) is 2.49. The zero-order valence-corrected chi connectivity index (χ0v) is 13.5. The van der Waals surface area contributed by atoms with E-state index >= 15 is 0 Å². The lowest BCUT2D eigenvalue weighted by molar-refractivity contribution is 0.0601. The Bertz CT molecular complexity index is 679. The minimum Gasteiger partial charge on any atom is -0.465 e. The number of anilines is 1. The van der Waals surface area contributed by atoms with E-state index in [-0.39, 0.29) is 5.82 Å². The largest absolute Gasteiger partial charge is 0.465 e. The Morgan fingerprint density at radius 2 is 2.10 bits per heavy atom. The number of rotatable bonds is 4. The molecule has 2 aromatic carbocycles. The third-order valence-electron chi connectivity index (χ3n) is 2.85. The quantitative estimate of drug-likeness (QED) is 0.795. The van der Waals surface area contributed by atoms with Gasteiger partial charge in [0.1, 0.15) is 5.82 Å². The van der Waals surface area contributed by atoms with Crippen LogP contribution >= 0.6 is 27.5 Å². The van der Waals surface area contributed by atoms with E-state index in [1.165, 1.54) is 13.2 Å². The van der Waals surface area contributed by atoms with Gasteiger partial charge in [-0.05, 0) is 51.8 Å². The number of carbonyl (C=O) groups is 1. The highest BCUT2D eigenvalue weighted by molar-refractivity contribution is 9.10. The first-order chi connectivity index (χ1) is 10.0. The molecule has 0 aromatic heterocycles. The summed E-state index contributed by atoms with van der Waals surface area (Å²) in [6, 6.07) is 9.77. The molecule has 0 spiro atoms. The molecule has 0 aliphatic rings. The summed E-state index contributed by atoms with van der Waals surface area (Å²) in [6.45, 7) is 0.487. The first kappa shape index (κ1) is 15.8. The number of hydrogen-bond acceptors (Lipinski definition) is 3. The van der Waals surface area contributed by atoms with Crippen LogP contribution in [0.15, 0.2) is 40.9 Å². The maximum Gasteiger partial charge on any atom is 0.339 e. The second-order valence-corrected chi connectivity index (χ2v) is 5.55. The molecule has 0 atom stereocenters. The fourth-order valence-corrected chi connectivity index (χ4v) is 2.38. The molecule has 0 unspecified atom stereocenters. The molecule has 6 heteroatoms. The van der Waals surface area contributed by atoms with E-state index in [4.69, 9.17) is 11.6 Å². The van der Waals surface area contributed by atoms with Gasteiger partial charge < -0.3 is 10.1 Å². The summed E-state index contributed by atoms with van der Waals surface area (Å²) in [4.78, 5) is 11.6. The molecule has 1 N–H and O–H groups in total. The summed E-state index contributed by atoms with van der Waals surface area (Å²) in [5.74, 6) is -0.800. The maximum absolute atomic E-state index is 13.2. The summed E-state index contributed by atoms with van der Waals surface area (Å²) in [6.07, 6.45) is 0. The van der Waals surface area contributed by atoms with Crippen molar-refractivity contribution >= 4 is 39.2 Å². The van der Waals surface area contributed by atoms with Crippen LogP contribution in [0.25, 0.3) is 0 Å². The Morgan fingerprint density at radius 3 is 2.76 bits per heavy atom. The molecule has 0 fully saturated rings. The van der Waals surface area contributed by atoms with E-state index in [9.17, 15) is 9.18 Å². The molecule has 110 valence electrons. The van der Waals surface area contributed by atoms with Crippen LogP contribution in [0.5, 0.6) is 0 Å². The van der Waals surface area contributed by atoms with Gasteiger partial charge in [0.15, 0.2) is 0 Å². The second kappa shape index (κ2) is 6.91. The van der Waals surface area contributed by atoms with Gasteiger partial charge in [0.25, 0.3) is 0 Å². The highest BCUT2D eigenvalue weighted by Crippen LogP contribution is 2.22. The van der Waals surface area contributed by atoms with Crippen molar-refractivity contribution < 1.29 is 13.9 Å². The lowest BCUT2D eigenvalue weighted by atomic mass is 10.2. The lowest BCUT2D eigenvalue weighted by Crippen LogP contribution is -2.05. The van der Waals surface area contributed by atoms with Gasteiger partial charge >= 0.3 is 5.97 Å². The monoisotopic (exact) mass is 371 g/mol. The Hall–Kier alpha value is -1.59. The summed E-state index contributed by atoms with van der Waals surface area (Å²) < 4.78 is 18.2. The number of ether oxygens (including phenoxy) is 1. The SMILES string of the molecule is COC(=O)c1cc(NCc2ccc(F)c(Br)c2)ccc1Cl. The van der Waals surface area contributed by atoms with Gasteiger partial charge in [-0.3, -0.25) is 0 Å². The van der Waals surface area contributed by atoms with Gasteiger partial charge in [-0.15, -0.1) is 0 Å². The summed E-state index contributed by atoms with van der Waals surface area (Å²) >= 11 is 9.09. The second-order valence-electron chi connectivity index (χ2n) is 4.29. The Morgan fingerprint density at radius 1 is 1.33 bits per heavy atom. The predicted molar refractivity (Wildman–Crippen MR) is 84.2 cm³/mol. The van der Waals surface area contributed by atoms with Gasteiger partial charge in [0.2, 0.25) is 0 Å². The van der Waals surface area contributed by atoms with Crippen molar-refractivity contribution in [3.8, 4) is 0 Å². The van der Waals surface area contributed by atoms with Gasteiger partial charge in [-0.25, -0.2) is 9.18 Å². The van der Waals surface area contributed by atoms with E-state index in [0.29, 0.717) is 21.6 Å². The van der Waals surface area contributed by atoms with Crippen molar-refractivity contribution in [2.75, 3.05) is 12.4 Å². The van der Waals surface area contributed by atoms with Gasteiger partial charge in [0.05, 0.1) is 22.2 Å². The van der Waals surface area contributed by atoms with Crippen LogP contribution in [0.4, 0.5) is 10.1 Å². The molecule has 0 aliphatic carbocycles. The van der Waals surface area contributed by atoms with E-state index in [1.54, 1.807) is 30.3 Å². The summed E-state index contributed by atoms with van der Waals surface area (Å²) in [7, 11) is 1.30. The number of hydrogen-bond donors (Lipinski definition) is 1. The van der Waals surface area contributed by atoms with Gasteiger partial charge in [-0.1, -0.05) is 17.7 Å². The van der Waals surface area contributed by atoms with Crippen molar-refractivity contribution in [2.45, 2.75) is 6.54 Å². The van der Waals surface area contributed by atoms with E-state index < -0.39 is 5.97 Å². The zero-order valence-electron chi connectivity index (χ0n) is 11.1. The summed E-state index contributed by atoms with van der Waals surface area (Å²) in [5.41, 5.74) is 1.92. The van der Waals surface area contributed by atoms with Crippen LogP contribution in [0.2, 0.25) is 5.02 Å². The number of esters is 1. The van der Waals surface area contributed by atoms with Gasteiger partial charge in [0, 0.05) is 12.2 Å². The number of nitrogens with one attached hydrogen (secondary N) is 1. The first-order valence-corrected chi connectivity index (χ1v) is 7.24. The molecule has 21 heavy (non-hydrogen) atoms. The average molecular weight is 373 g/mol. The molecular weight excluding hydrogens is 361 g/mol. The molecule has 0 amide bonds. The highest BCUT2D eigenvalue weighted by Gasteiger charge is 2.11. The van der Waals surface area contributed by atoms with Crippen LogP contribution in [-0.4, -0.2) is 13.1 Å². The predicted octanol–water partition coefficient (Wildman–Crippen LogP) is 4.64. The highest BCUT2D eigenvalue weighted by atomic mass is 79.9. The van der Waals surface area contributed by atoms with Crippen molar-refractivity contribution in [2.24, 2.45) is 0 Å². The normalized spacial score (nSPS) is 10.3. The van der Waals surface area contributed by atoms with Crippen molar-refractivity contribution in [3.05, 3.63) is 62.8 Å². The first-order valence-electron chi connectivity index (χ1n) is 6.07. The van der Waals surface area contributed by atoms with E-state index in [1.807, 2.05) is 0 Å². The standard InChI is InChI=1S/C15H12BrClFNO2/c1-21-15(20)11-7-10(3-4-13(11)17)19-8-9-2-5-14(18)12(16)6-9/h2-7,19H,8H2,1H3. The Kier molecular flexibility index (Phi) is 5.20. The molecule has 0 heterocycles. The summed E-state index contributed by atoms with van der Waals surface area (Å²) in [5, 5.41) is 3.47. The lowest BCUT2D eigenvalue weighted by Gasteiger charge is -2.09. The van der Waals surface area contributed by atoms with Crippen LogP contribution < -0.4 is 5.32 Å². The molecule has 2 rings (SSSR count). The van der Waals surface area contributed by atoms with E-state index in [0.717, 1.165) is 11.3 Å². The minimum atomic E-state index is -0.492. The smallest absolute Gasteiger partial charge is 0.339 e. The van der Waals surface area contributed by atoms with Crippen molar-refractivity contribution in [1.29, 1.82) is 0 Å². The van der Waals surface area contributed by atoms with Gasteiger partial charge in [-0.2, -0.15) is 0 Å².